The molecule has 2 heterocycles. The lowest BCUT2D eigenvalue weighted by Gasteiger charge is -2.15. The van der Waals surface area contributed by atoms with Gasteiger partial charge in [0.25, 0.3) is 0 Å². The Bertz CT molecular complexity index is 128. The molecule has 0 spiro atoms. The van der Waals surface area contributed by atoms with Crippen molar-refractivity contribution in [2.24, 2.45) is 0 Å². The van der Waals surface area contributed by atoms with Crippen LogP contribution in [0.3, 0.4) is 0 Å². The highest BCUT2D eigenvalue weighted by Crippen LogP contribution is 2.13. The van der Waals surface area contributed by atoms with Gasteiger partial charge in [0.1, 0.15) is 0 Å². The number of unbranched alkanes of at least 4 members (excludes halogenated alkanes) is 1. The van der Waals surface area contributed by atoms with Gasteiger partial charge in [-0.3, -0.25) is 0 Å². The highest BCUT2D eigenvalue weighted by Gasteiger charge is 2.14. The third kappa shape index (κ3) is 3.25. The molecule has 2 aliphatic heterocycles. The Morgan fingerprint density at radius 1 is 1.07 bits per heavy atom. The van der Waals surface area contributed by atoms with Crippen molar-refractivity contribution in [3.05, 3.63) is 0 Å². The zero-order valence-corrected chi connectivity index (χ0v) is 9.30. The van der Waals surface area contributed by atoms with Crippen LogP contribution in [0.15, 0.2) is 0 Å². The van der Waals surface area contributed by atoms with Gasteiger partial charge in [-0.05, 0) is 64.7 Å². The molecule has 2 fully saturated rings. The monoisotopic (exact) mass is 196 g/mol. The lowest BCUT2D eigenvalue weighted by Crippen LogP contribution is -2.23. The number of likely N-dealkylation sites (tertiary alicyclic amines) is 1. The minimum absolute atomic E-state index is 0.855. The predicted molar refractivity (Wildman–Crippen MR) is 60.5 cm³/mol. The first-order chi connectivity index (χ1) is 6.95. The van der Waals surface area contributed by atoms with E-state index in [9.17, 15) is 0 Å². The molecule has 0 aromatic carbocycles. The normalized spacial score (nSPS) is 28.7. The standard InChI is InChI=1S/C12H24N2/c1(6-12-7-5-8-13-12)2-9-14-10-3-4-11-14/h12-13H,1-11H2/t12-/m0/s1. The molecular weight excluding hydrogens is 172 g/mol. The van der Waals surface area contributed by atoms with Crippen LogP contribution < -0.4 is 5.32 Å². The van der Waals surface area contributed by atoms with Gasteiger partial charge in [-0.2, -0.15) is 0 Å². The van der Waals surface area contributed by atoms with Crippen LogP contribution in [-0.2, 0) is 0 Å². The van der Waals surface area contributed by atoms with Crippen molar-refractivity contribution in [2.75, 3.05) is 26.2 Å². The van der Waals surface area contributed by atoms with Crippen LogP contribution in [0, 0.1) is 0 Å². The van der Waals surface area contributed by atoms with Crippen molar-refractivity contribution >= 4 is 0 Å². The number of hydrogen-bond donors (Lipinski definition) is 1. The molecule has 1 atom stereocenters. The first-order valence-electron chi connectivity index (χ1n) is 6.41. The van der Waals surface area contributed by atoms with Crippen molar-refractivity contribution in [1.82, 2.24) is 10.2 Å². The van der Waals surface area contributed by atoms with E-state index in [4.69, 9.17) is 0 Å². The smallest absolute Gasteiger partial charge is 0.00675 e. The van der Waals surface area contributed by atoms with E-state index >= 15 is 0 Å². The maximum atomic E-state index is 3.57. The van der Waals surface area contributed by atoms with Gasteiger partial charge < -0.3 is 10.2 Å². The van der Waals surface area contributed by atoms with Gasteiger partial charge in [-0.1, -0.05) is 6.42 Å². The van der Waals surface area contributed by atoms with Crippen molar-refractivity contribution in [3.8, 4) is 0 Å². The van der Waals surface area contributed by atoms with Gasteiger partial charge in [0, 0.05) is 6.04 Å². The van der Waals surface area contributed by atoms with Crippen molar-refractivity contribution in [2.45, 2.75) is 51.0 Å². The quantitative estimate of drug-likeness (QED) is 0.677. The van der Waals surface area contributed by atoms with E-state index in [0.717, 1.165) is 6.04 Å². The fourth-order valence-corrected chi connectivity index (χ4v) is 2.74. The first-order valence-corrected chi connectivity index (χ1v) is 6.41. The zero-order valence-electron chi connectivity index (χ0n) is 9.30. The molecular formula is C12H24N2. The van der Waals surface area contributed by atoms with E-state index in [2.05, 4.69) is 10.2 Å². The minimum Gasteiger partial charge on any atom is -0.314 e. The van der Waals surface area contributed by atoms with E-state index in [-0.39, 0.29) is 0 Å². The van der Waals surface area contributed by atoms with E-state index < -0.39 is 0 Å². The van der Waals surface area contributed by atoms with Crippen LogP contribution in [0.1, 0.15) is 44.9 Å². The van der Waals surface area contributed by atoms with Gasteiger partial charge in [0.15, 0.2) is 0 Å². The summed E-state index contributed by atoms with van der Waals surface area (Å²) in [5.74, 6) is 0. The van der Waals surface area contributed by atoms with Gasteiger partial charge in [0.05, 0.1) is 0 Å². The second kappa shape index (κ2) is 5.72. The van der Waals surface area contributed by atoms with Crippen LogP contribution in [0.5, 0.6) is 0 Å². The Hall–Kier alpha value is -0.0800. The fourth-order valence-electron chi connectivity index (χ4n) is 2.74. The molecule has 2 aliphatic rings. The van der Waals surface area contributed by atoms with Crippen molar-refractivity contribution < 1.29 is 0 Å². The van der Waals surface area contributed by atoms with E-state index in [0.29, 0.717) is 0 Å². The van der Waals surface area contributed by atoms with Crippen LogP contribution in [-0.4, -0.2) is 37.1 Å². The summed E-state index contributed by atoms with van der Waals surface area (Å²) in [6.45, 7) is 5.34. The molecule has 2 nitrogen and oxygen atoms in total. The van der Waals surface area contributed by atoms with Gasteiger partial charge in [-0.25, -0.2) is 0 Å². The van der Waals surface area contributed by atoms with Crippen molar-refractivity contribution in [3.63, 3.8) is 0 Å². The van der Waals surface area contributed by atoms with Gasteiger partial charge >= 0.3 is 0 Å². The Morgan fingerprint density at radius 3 is 2.64 bits per heavy atom. The summed E-state index contributed by atoms with van der Waals surface area (Å²) in [5, 5.41) is 3.57. The summed E-state index contributed by atoms with van der Waals surface area (Å²) in [4.78, 5) is 2.63. The minimum atomic E-state index is 0.855. The average molecular weight is 196 g/mol. The maximum absolute atomic E-state index is 3.57. The first kappa shape index (κ1) is 10.4. The summed E-state index contributed by atoms with van der Waals surface area (Å²) < 4.78 is 0. The summed E-state index contributed by atoms with van der Waals surface area (Å²) in [5.41, 5.74) is 0. The van der Waals surface area contributed by atoms with Crippen molar-refractivity contribution in [1.29, 1.82) is 0 Å². The lowest BCUT2D eigenvalue weighted by molar-refractivity contribution is 0.325. The van der Waals surface area contributed by atoms with Crippen LogP contribution >= 0.6 is 0 Å². The highest BCUT2D eigenvalue weighted by molar-refractivity contribution is 4.74. The fraction of sp³-hybridized carbons (Fsp3) is 1.00. The van der Waals surface area contributed by atoms with Gasteiger partial charge in [0.2, 0.25) is 0 Å². The number of nitrogens with zero attached hydrogens (tertiary/aromatic N) is 1. The molecule has 0 saturated carbocycles. The maximum Gasteiger partial charge on any atom is 0.00675 e. The zero-order chi connectivity index (χ0) is 9.64. The summed E-state index contributed by atoms with van der Waals surface area (Å²) in [6, 6.07) is 0.855. The summed E-state index contributed by atoms with van der Waals surface area (Å²) >= 11 is 0. The van der Waals surface area contributed by atoms with Crippen LogP contribution in [0.2, 0.25) is 0 Å². The molecule has 2 rings (SSSR count). The highest BCUT2D eigenvalue weighted by atomic mass is 15.1. The average Bonchev–Trinajstić information content (AvgIpc) is 2.86. The Morgan fingerprint density at radius 2 is 1.93 bits per heavy atom. The molecule has 2 heteroatoms. The van der Waals surface area contributed by atoms with E-state index in [1.807, 2.05) is 0 Å². The third-order valence-corrected chi connectivity index (χ3v) is 3.64. The van der Waals surface area contributed by atoms with Crippen LogP contribution in [0.4, 0.5) is 0 Å². The Balaban J connectivity index is 1.46. The summed E-state index contributed by atoms with van der Waals surface area (Å²) in [6.07, 6.45) is 9.94. The molecule has 0 aliphatic carbocycles. The molecule has 0 aromatic rings. The SMILES string of the molecule is C(CCN1CCCC1)C[C@H]1CCCN1. The summed E-state index contributed by atoms with van der Waals surface area (Å²) in [7, 11) is 0. The largest absolute Gasteiger partial charge is 0.314 e. The molecule has 14 heavy (non-hydrogen) atoms. The molecule has 82 valence electrons. The molecule has 1 N–H and O–H groups in total. The molecule has 0 unspecified atom stereocenters. The lowest BCUT2D eigenvalue weighted by atomic mass is 10.1. The Kier molecular flexibility index (Phi) is 4.26. The molecule has 0 aromatic heterocycles. The van der Waals surface area contributed by atoms with E-state index in [1.54, 1.807) is 0 Å². The second-order valence-electron chi connectivity index (χ2n) is 4.84. The molecule has 0 bridgehead atoms. The van der Waals surface area contributed by atoms with Gasteiger partial charge in [-0.15, -0.1) is 0 Å². The number of hydrogen-bond acceptors (Lipinski definition) is 2. The third-order valence-electron chi connectivity index (χ3n) is 3.64. The second-order valence-corrected chi connectivity index (χ2v) is 4.84. The topological polar surface area (TPSA) is 15.3 Å². The number of rotatable bonds is 5. The van der Waals surface area contributed by atoms with E-state index in [1.165, 1.54) is 71.1 Å². The predicted octanol–water partition coefficient (Wildman–Crippen LogP) is 2.00. The number of nitrogens with one attached hydrogen (secondary N) is 1. The molecule has 2 saturated heterocycles. The van der Waals surface area contributed by atoms with Crippen LogP contribution in [0.25, 0.3) is 0 Å². The molecule has 0 amide bonds. The Labute approximate surface area is 88.1 Å². The molecule has 0 radical (unpaired) electrons.